The number of piperazine rings is 1. The predicted octanol–water partition coefficient (Wildman–Crippen LogP) is 2.13. The van der Waals surface area contributed by atoms with Gasteiger partial charge in [-0.2, -0.15) is 0 Å². The van der Waals surface area contributed by atoms with Crippen molar-refractivity contribution >= 4 is 40.4 Å². The number of imide groups is 1. The molecule has 2 saturated heterocycles. The van der Waals surface area contributed by atoms with E-state index in [0.717, 1.165) is 16.6 Å². The van der Waals surface area contributed by atoms with E-state index >= 15 is 0 Å². The first-order valence-corrected chi connectivity index (χ1v) is 10.3. The Balaban J connectivity index is 1.55. The molecule has 0 saturated carbocycles. The number of nitrogens with zero attached hydrogens (tertiary/aromatic N) is 5. The number of hydrogen-bond acceptors (Lipinski definition) is 7. The van der Waals surface area contributed by atoms with Crippen molar-refractivity contribution < 1.29 is 19.1 Å². The van der Waals surface area contributed by atoms with Crippen LogP contribution in [0.4, 0.5) is 21.1 Å². The van der Waals surface area contributed by atoms with Crippen LogP contribution >= 0.6 is 0 Å². The van der Waals surface area contributed by atoms with Gasteiger partial charge in [-0.3, -0.25) is 15.0 Å². The van der Waals surface area contributed by atoms with Crippen molar-refractivity contribution in [3.05, 3.63) is 24.5 Å². The van der Waals surface area contributed by atoms with Gasteiger partial charge in [0.05, 0.1) is 11.2 Å². The first-order valence-electron chi connectivity index (χ1n) is 10.3. The molecule has 0 atom stereocenters. The molecular weight excluding hydrogens is 400 g/mol. The van der Waals surface area contributed by atoms with E-state index in [1.165, 1.54) is 11.2 Å². The normalized spacial score (nSPS) is 17.7. The molecule has 1 aromatic heterocycles. The topological polar surface area (TPSA) is 108 Å². The van der Waals surface area contributed by atoms with E-state index in [1.807, 2.05) is 39.0 Å². The quantitative estimate of drug-likeness (QED) is 0.784. The average molecular weight is 426 g/mol. The number of rotatable bonds is 2. The molecule has 2 fully saturated rings. The second-order valence-electron chi connectivity index (χ2n) is 8.58. The maximum atomic E-state index is 12.3. The predicted molar refractivity (Wildman–Crippen MR) is 115 cm³/mol. The fraction of sp³-hybridized carbons (Fsp3) is 0.476. The number of hydrogen-bond donors (Lipinski definition) is 1. The molecule has 1 N–H and O–H groups in total. The monoisotopic (exact) mass is 426 g/mol. The van der Waals surface area contributed by atoms with Crippen LogP contribution in [0.2, 0.25) is 0 Å². The molecule has 0 bridgehead atoms. The van der Waals surface area contributed by atoms with Gasteiger partial charge >= 0.3 is 12.1 Å². The summed E-state index contributed by atoms with van der Waals surface area (Å²) in [6.07, 6.45) is 1.35. The molecule has 10 heteroatoms. The van der Waals surface area contributed by atoms with Crippen molar-refractivity contribution in [2.75, 3.05) is 42.5 Å². The third-order valence-electron chi connectivity index (χ3n) is 5.20. The highest BCUT2D eigenvalue weighted by molar-refractivity contribution is 6.09. The Morgan fingerprint density at radius 2 is 1.81 bits per heavy atom. The van der Waals surface area contributed by atoms with E-state index in [9.17, 15) is 14.4 Å². The second kappa shape index (κ2) is 8.01. The van der Waals surface area contributed by atoms with Crippen LogP contribution in [0.25, 0.3) is 10.9 Å². The van der Waals surface area contributed by atoms with Crippen molar-refractivity contribution in [3.63, 3.8) is 0 Å². The smallest absolute Gasteiger partial charge is 0.410 e. The number of urea groups is 1. The molecule has 164 valence electrons. The zero-order chi connectivity index (χ0) is 22.2. The Labute approximate surface area is 180 Å². The van der Waals surface area contributed by atoms with Gasteiger partial charge < -0.3 is 14.5 Å². The van der Waals surface area contributed by atoms with E-state index in [-0.39, 0.29) is 25.0 Å². The number of ether oxygens (including phenoxy) is 1. The minimum atomic E-state index is -0.525. The molecule has 2 aromatic rings. The highest BCUT2D eigenvalue weighted by Gasteiger charge is 2.29. The highest BCUT2D eigenvalue weighted by Crippen LogP contribution is 2.31. The fourth-order valence-electron chi connectivity index (χ4n) is 3.75. The van der Waals surface area contributed by atoms with Gasteiger partial charge in [-0.1, -0.05) is 6.07 Å². The molecule has 10 nitrogen and oxygen atoms in total. The van der Waals surface area contributed by atoms with Crippen LogP contribution in [0.3, 0.4) is 0 Å². The first kappa shape index (κ1) is 20.8. The van der Waals surface area contributed by atoms with E-state index in [0.29, 0.717) is 32.0 Å². The number of benzene rings is 1. The Hall–Kier alpha value is -3.43. The van der Waals surface area contributed by atoms with Crippen LogP contribution in [0.1, 0.15) is 27.2 Å². The van der Waals surface area contributed by atoms with Crippen molar-refractivity contribution in [3.8, 4) is 0 Å². The lowest BCUT2D eigenvalue weighted by Crippen LogP contribution is -2.50. The number of aromatic nitrogens is 2. The fourth-order valence-corrected chi connectivity index (χ4v) is 3.75. The Morgan fingerprint density at radius 3 is 2.48 bits per heavy atom. The van der Waals surface area contributed by atoms with Crippen molar-refractivity contribution in [2.24, 2.45) is 0 Å². The standard InChI is InChI=1S/C21H26N6O4/c1-21(2,3)31-20(30)26-11-9-25(10-12-26)15-6-4-5-14-17(15)22-13-23-18(14)27-8-7-16(28)24-19(27)29/h4-6,13H,7-12H2,1-3H3,(H,24,28,29). The summed E-state index contributed by atoms with van der Waals surface area (Å²) in [5.74, 6) is 0.187. The van der Waals surface area contributed by atoms with E-state index in [2.05, 4.69) is 20.2 Å². The number of carbonyl (C=O) groups is 3. The molecule has 1 aromatic carbocycles. The van der Waals surface area contributed by atoms with Crippen LogP contribution in [-0.2, 0) is 9.53 Å². The molecule has 4 amide bonds. The third-order valence-corrected chi connectivity index (χ3v) is 5.20. The van der Waals surface area contributed by atoms with Gasteiger partial charge in [0, 0.05) is 44.5 Å². The highest BCUT2D eigenvalue weighted by atomic mass is 16.6. The van der Waals surface area contributed by atoms with Crippen LogP contribution in [0.15, 0.2) is 24.5 Å². The van der Waals surface area contributed by atoms with Crippen LogP contribution in [0.5, 0.6) is 0 Å². The van der Waals surface area contributed by atoms with Gasteiger partial charge in [0.25, 0.3) is 0 Å². The summed E-state index contributed by atoms with van der Waals surface area (Å²) in [5.41, 5.74) is 1.11. The summed E-state index contributed by atoms with van der Waals surface area (Å²) in [4.78, 5) is 50.3. The molecule has 4 rings (SSSR count). The van der Waals surface area contributed by atoms with Gasteiger partial charge in [-0.25, -0.2) is 19.6 Å². The molecule has 0 radical (unpaired) electrons. The molecule has 31 heavy (non-hydrogen) atoms. The number of anilines is 2. The number of fused-ring (bicyclic) bond motifs is 1. The summed E-state index contributed by atoms with van der Waals surface area (Å²) in [6, 6.07) is 5.27. The van der Waals surface area contributed by atoms with Crippen LogP contribution < -0.4 is 15.1 Å². The van der Waals surface area contributed by atoms with E-state index < -0.39 is 11.6 Å². The molecule has 0 unspecified atom stereocenters. The molecular formula is C21H26N6O4. The van der Waals surface area contributed by atoms with Crippen LogP contribution in [-0.4, -0.2) is 71.2 Å². The zero-order valence-corrected chi connectivity index (χ0v) is 17.9. The van der Waals surface area contributed by atoms with E-state index in [1.54, 1.807) is 4.90 Å². The van der Waals surface area contributed by atoms with Crippen molar-refractivity contribution in [1.29, 1.82) is 0 Å². The lowest BCUT2D eigenvalue weighted by Gasteiger charge is -2.37. The number of nitrogens with one attached hydrogen (secondary N) is 1. The maximum Gasteiger partial charge on any atom is 0.410 e. The number of carbonyl (C=O) groups excluding carboxylic acids is 3. The van der Waals surface area contributed by atoms with Gasteiger partial charge in [-0.05, 0) is 32.9 Å². The summed E-state index contributed by atoms with van der Waals surface area (Å²) in [5, 5.41) is 3.07. The average Bonchev–Trinajstić information content (AvgIpc) is 2.72. The van der Waals surface area contributed by atoms with Gasteiger partial charge in [-0.15, -0.1) is 0 Å². The molecule has 2 aliphatic rings. The number of para-hydroxylation sites is 1. The summed E-state index contributed by atoms with van der Waals surface area (Å²) >= 11 is 0. The third kappa shape index (κ3) is 4.37. The molecule has 3 heterocycles. The second-order valence-corrected chi connectivity index (χ2v) is 8.58. The van der Waals surface area contributed by atoms with Gasteiger partial charge in [0.15, 0.2) is 0 Å². The Morgan fingerprint density at radius 1 is 1.06 bits per heavy atom. The lowest BCUT2D eigenvalue weighted by molar-refractivity contribution is -0.120. The lowest BCUT2D eigenvalue weighted by atomic mass is 10.1. The SMILES string of the molecule is CC(C)(C)OC(=O)N1CCN(c2cccc3c(N4CCC(=O)NC4=O)ncnc23)CC1. The minimum absolute atomic E-state index is 0.226. The Bertz CT molecular complexity index is 1030. The van der Waals surface area contributed by atoms with Crippen molar-refractivity contribution in [1.82, 2.24) is 20.2 Å². The largest absolute Gasteiger partial charge is 0.444 e. The minimum Gasteiger partial charge on any atom is -0.444 e. The van der Waals surface area contributed by atoms with Crippen molar-refractivity contribution in [2.45, 2.75) is 32.8 Å². The summed E-state index contributed by atoms with van der Waals surface area (Å²) in [7, 11) is 0. The molecule has 0 spiro atoms. The molecule has 0 aliphatic carbocycles. The maximum absolute atomic E-state index is 12.3. The summed E-state index contributed by atoms with van der Waals surface area (Å²) in [6.45, 7) is 8.19. The first-order chi connectivity index (χ1) is 14.7. The number of amides is 4. The zero-order valence-electron chi connectivity index (χ0n) is 17.9. The Kier molecular flexibility index (Phi) is 5.38. The van der Waals surface area contributed by atoms with Gasteiger partial charge in [0.1, 0.15) is 17.7 Å². The van der Waals surface area contributed by atoms with Gasteiger partial charge in [0.2, 0.25) is 5.91 Å². The van der Waals surface area contributed by atoms with Crippen LogP contribution in [0, 0.1) is 0 Å². The summed E-state index contributed by atoms with van der Waals surface area (Å²) < 4.78 is 5.47. The van der Waals surface area contributed by atoms with E-state index in [4.69, 9.17) is 4.74 Å². The molecule has 2 aliphatic heterocycles.